The Morgan fingerprint density at radius 3 is 2.62 bits per heavy atom. The van der Waals surface area contributed by atoms with Crippen molar-refractivity contribution in [3.8, 4) is 0 Å². The standard InChI is InChI=1S/C31H39FN4O5Si/c1-19-29(42(3,4)32)26(15-27(38)36-17-21-8-6-5-7-20(21)13-23(36)18-37)41-31(19)24-14-22(35-12-11-33-16-28(35)39)9-10-25(24)34(2)30(31)40/h5-10,14,19,23,26,29,33,37H,11-13,15-18H2,1-4H3/t19-,23+,26+,29-,31+/m1/s1. The lowest BCUT2D eigenvalue weighted by atomic mass is 9.82. The van der Waals surface area contributed by atoms with Gasteiger partial charge in [0.15, 0.2) is 5.60 Å². The molecule has 5 atom stereocenters. The highest BCUT2D eigenvalue weighted by Crippen LogP contribution is 2.60. The Morgan fingerprint density at radius 2 is 1.93 bits per heavy atom. The minimum absolute atomic E-state index is 0.0616. The van der Waals surface area contributed by atoms with E-state index in [1.165, 1.54) is 0 Å². The number of ether oxygens (including phenoxy) is 1. The summed E-state index contributed by atoms with van der Waals surface area (Å²) in [5.74, 6) is -1.11. The normalized spacial score (nSPS) is 29.3. The third-order valence-corrected chi connectivity index (χ3v) is 12.2. The summed E-state index contributed by atoms with van der Waals surface area (Å²) in [5.41, 5.74) is 1.99. The van der Waals surface area contributed by atoms with E-state index >= 15 is 4.11 Å². The summed E-state index contributed by atoms with van der Waals surface area (Å²) in [7, 11) is -1.78. The summed E-state index contributed by atoms with van der Waals surface area (Å²) in [6, 6.07) is 13.0. The molecule has 0 radical (unpaired) electrons. The summed E-state index contributed by atoms with van der Waals surface area (Å²) in [4.78, 5) is 45.6. The van der Waals surface area contributed by atoms with Crippen molar-refractivity contribution in [3.63, 3.8) is 0 Å². The fourth-order valence-corrected chi connectivity index (χ4v) is 10.2. The van der Waals surface area contributed by atoms with E-state index in [0.717, 1.165) is 11.1 Å². The largest absolute Gasteiger partial charge is 0.394 e. The number of halogens is 1. The van der Waals surface area contributed by atoms with Gasteiger partial charge in [-0.25, -0.2) is 0 Å². The Balaban J connectivity index is 1.35. The van der Waals surface area contributed by atoms with Gasteiger partial charge in [0.25, 0.3) is 5.91 Å². The molecule has 11 heteroatoms. The lowest BCUT2D eigenvalue weighted by molar-refractivity contribution is -0.150. The molecular formula is C31H39FN4O5Si. The van der Waals surface area contributed by atoms with E-state index in [0.29, 0.717) is 43.0 Å². The van der Waals surface area contributed by atoms with Crippen LogP contribution in [0.15, 0.2) is 42.5 Å². The van der Waals surface area contributed by atoms with Crippen LogP contribution in [0.25, 0.3) is 0 Å². The van der Waals surface area contributed by atoms with Crippen LogP contribution in [0.2, 0.25) is 18.6 Å². The zero-order chi connectivity index (χ0) is 30.0. The predicted molar refractivity (Wildman–Crippen MR) is 159 cm³/mol. The SMILES string of the molecule is C[C@@H]1[C@@H]([Si](C)(C)F)[C@H](CC(=O)N2Cc3ccccc3C[C@H]2CO)O[C@@]12C(=O)N(C)c1ccc(N3CCNCC3=O)cc12. The van der Waals surface area contributed by atoms with Crippen molar-refractivity contribution in [2.75, 3.05) is 43.1 Å². The molecule has 0 saturated carbocycles. The molecule has 4 heterocycles. The summed E-state index contributed by atoms with van der Waals surface area (Å²) in [6.45, 7) is 6.66. The molecule has 4 aliphatic rings. The van der Waals surface area contributed by atoms with Crippen LogP contribution in [0.5, 0.6) is 0 Å². The highest BCUT2D eigenvalue weighted by atomic mass is 28.4. The Hall–Kier alpha value is -3.12. The molecular weight excluding hydrogens is 555 g/mol. The summed E-state index contributed by atoms with van der Waals surface area (Å²) in [5, 5.41) is 13.2. The smallest absolute Gasteiger partial charge is 0.264 e. The van der Waals surface area contributed by atoms with Crippen LogP contribution in [-0.4, -0.2) is 81.6 Å². The third kappa shape index (κ3) is 4.48. The number of rotatable bonds is 5. The van der Waals surface area contributed by atoms with Gasteiger partial charge in [-0.2, -0.15) is 0 Å². The van der Waals surface area contributed by atoms with E-state index < -0.39 is 31.6 Å². The highest BCUT2D eigenvalue weighted by Gasteiger charge is 2.66. The number of fused-ring (bicyclic) bond motifs is 3. The van der Waals surface area contributed by atoms with E-state index in [1.54, 1.807) is 34.8 Å². The van der Waals surface area contributed by atoms with Crippen LogP contribution in [0.3, 0.4) is 0 Å². The number of piperazine rings is 1. The van der Waals surface area contributed by atoms with Gasteiger partial charge in [0.05, 0.1) is 37.4 Å². The number of hydrogen-bond acceptors (Lipinski definition) is 6. The van der Waals surface area contributed by atoms with Gasteiger partial charge in [0.1, 0.15) is 0 Å². The fraction of sp³-hybridized carbons (Fsp3) is 0.516. The van der Waals surface area contributed by atoms with Crippen molar-refractivity contribution in [1.29, 1.82) is 0 Å². The molecule has 224 valence electrons. The maximum Gasteiger partial charge on any atom is 0.264 e. The summed E-state index contributed by atoms with van der Waals surface area (Å²) in [6.07, 6.45) is -0.359. The first kappa shape index (κ1) is 29.0. The summed E-state index contributed by atoms with van der Waals surface area (Å²) < 4.78 is 22.9. The van der Waals surface area contributed by atoms with Gasteiger partial charge in [0.2, 0.25) is 20.2 Å². The molecule has 42 heavy (non-hydrogen) atoms. The quantitative estimate of drug-likeness (QED) is 0.408. The third-order valence-electron chi connectivity index (χ3n) is 9.74. The second-order valence-electron chi connectivity index (χ2n) is 12.6. The van der Waals surface area contributed by atoms with E-state index in [9.17, 15) is 19.5 Å². The van der Waals surface area contributed by atoms with Crippen molar-refractivity contribution >= 4 is 37.5 Å². The molecule has 6 rings (SSSR count). The van der Waals surface area contributed by atoms with Crippen molar-refractivity contribution in [2.45, 2.75) is 62.7 Å². The van der Waals surface area contributed by atoms with E-state index in [2.05, 4.69) is 5.32 Å². The number of carbonyl (C=O) groups is 3. The van der Waals surface area contributed by atoms with E-state index in [1.807, 2.05) is 49.4 Å². The highest BCUT2D eigenvalue weighted by molar-refractivity contribution is 6.72. The van der Waals surface area contributed by atoms with Crippen LogP contribution in [0, 0.1) is 5.92 Å². The number of hydrogen-bond donors (Lipinski definition) is 2. The maximum absolute atomic E-state index is 16.2. The maximum atomic E-state index is 16.2. The van der Waals surface area contributed by atoms with Crippen LogP contribution in [0.4, 0.5) is 15.5 Å². The average Bonchev–Trinajstić information content (AvgIpc) is 3.38. The topological polar surface area (TPSA) is 102 Å². The van der Waals surface area contributed by atoms with Gasteiger partial charge in [-0.1, -0.05) is 31.2 Å². The van der Waals surface area contributed by atoms with Crippen molar-refractivity contribution in [3.05, 3.63) is 59.2 Å². The summed E-state index contributed by atoms with van der Waals surface area (Å²) >= 11 is 0. The lowest BCUT2D eigenvalue weighted by Gasteiger charge is -2.37. The first-order valence-electron chi connectivity index (χ1n) is 14.7. The molecule has 0 aromatic heterocycles. The first-order valence-corrected chi connectivity index (χ1v) is 17.7. The second kappa shape index (κ2) is 10.5. The minimum atomic E-state index is -3.46. The van der Waals surface area contributed by atoms with Gasteiger partial charge in [0, 0.05) is 49.4 Å². The number of anilines is 2. The number of nitrogens with zero attached hydrogens (tertiary/aromatic N) is 3. The van der Waals surface area contributed by atoms with E-state index in [4.69, 9.17) is 4.74 Å². The molecule has 2 aromatic carbocycles. The Bertz CT molecular complexity index is 1430. The molecule has 1 spiro atoms. The molecule has 2 aromatic rings. The molecule has 0 aliphatic carbocycles. The van der Waals surface area contributed by atoms with Gasteiger partial charge in [-0.15, -0.1) is 0 Å². The number of aliphatic hydroxyl groups is 1. The van der Waals surface area contributed by atoms with Crippen LogP contribution >= 0.6 is 0 Å². The van der Waals surface area contributed by atoms with Gasteiger partial charge < -0.3 is 34.0 Å². The van der Waals surface area contributed by atoms with Gasteiger partial charge in [-0.3, -0.25) is 14.4 Å². The molecule has 3 amide bonds. The number of amides is 3. The Morgan fingerprint density at radius 1 is 1.19 bits per heavy atom. The monoisotopic (exact) mass is 594 g/mol. The molecule has 9 nitrogen and oxygen atoms in total. The number of carbonyl (C=O) groups excluding carboxylic acids is 3. The van der Waals surface area contributed by atoms with Crippen LogP contribution < -0.4 is 15.1 Å². The number of nitrogens with one attached hydrogen (secondary N) is 1. The van der Waals surface area contributed by atoms with E-state index in [-0.39, 0.29) is 43.3 Å². The van der Waals surface area contributed by atoms with Gasteiger partial charge >= 0.3 is 0 Å². The zero-order valence-corrected chi connectivity index (χ0v) is 25.6. The second-order valence-corrected chi connectivity index (χ2v) is 16.4. The minimum Gasteiger partial charge on any atom is -0.394 e. The number of benzene rings is 2. The molecule has 2 N–H and O–H groups in total. The van der Waals surface area contributed by atoms with Crippen molar-refractivity contribution < 1.29 is 28.3 Å². The van der Waals surface area contributed by atoms with Crippen molar-refractivity contribution in [2.24, 2.45) is 5.92 Å². The van der Waals surface area contributed by atoms with Crippen LogP contribution in [-0.2, 0) is 37.7 Å². The number of aliphatic hydroxyl groups excluding tert-OH is 1. The molecule has 0 bridgehead atoms. The molecule has 4 aliphatic heterocycles. The molecule has 2 saturated heterocycles. The number of likely N-dealkylation sites (N-methyl/N-ethyl adjacent to an activating group) is 1. The van der Waals surface area contributed by atoms with Crippen molar-refractivity contribution in [1.82, 2.24) is 10.2 Å². The molecule has 0 unspecified atom stereocenters. The Kier molecular flexibility index (Phi) is 7.28. The van der Waals surface area contributed by atoms with Gasteiger partial charge in [-0.05, 0) is 48.8 Å². The lowest BCUT2D eigenvalue weighted by Crippen LogP contribution is -2.48. The average molecular weight is 595 g/mol. The first-order chi connectivity index (χ1) is 20.0. The Labute approximate surface area is 246 Å². The fourth-order valence-electron chi connectivity index (χ4n) is 7.72. The molecule has 2 fully saturated rings. The predicted octanol–water partition coefficient (Wildman–Crippen LogP) is 2.71. The van der Waals surface area contributed by atoms with Crippen LogP contribution in [0.1, 0.15) is 30.0 Å². The zero-order valence-electron chi connectivity index (χ0n) is 24.6.